The number of hydroxylamine groups is 1. The van der Waals surface area contributed by atoms with Crippen molar-refractivity contribution in [2.45, 2.75) is 18.9 Å². The molecule has 45 heavy (non-hydrogen) atoms. The summed E-state index contributed by atoms with van der Waals surface area (Å²) in [4.78, 5) is 45.3. The van der Waals surface area contributed by atoms with Crippen LogP contribution in [0.4, 0.5) is 11.6 Å². The third kappa shape index (κ3) is 7.30. The number of nitrogens with one attached hydrogen (secondary N) is 2. The maximum atomic E-state index is 13.9. The lowest BCUT2D eigenvalue weighted by molar-refractivity contribution is -0.118. The third-order valence-electron chi connectivity index (χ3n) is 7.44. The number of para-hydroxylation sites is 1. The molecule has 0 atom stereocenters. The number of halogens is 1. The molecule has 0 radical (unpaired) electrons. The summed E-state index contributed by atoms with van der Waals surface area (Å²) in [7, 11) is 1.70. The summed E-state index contributed by atoms with van der Waals surface area (Å²) >= 11 is 0. The summed E-state index contributed by atoms with van der Waals surface area (Å²) in [6, 6.07) is 22.1. The van der Waals surface area contributed by atoms with Gasteiger partial charge in [-0.15, -0.1) is 12.4 Å². The Bertz CT molecular complexity index is 1780. The highest BCUT2D eigenvalue weighted by Gasteiger charge is 2.24. The van der Waals surface area contributed by atoms with Gasteiger partial charge in [0.1, 0.15) is 5.75 Å². The van der Waals surface area contributed by atoms with Gasteiger partial charge in [0.15, 0.2) is 6.61 Å². The molecule has 232 valence electrons. The standard InChI is InChI=1S/C32H31N7O5.ClH/c1-38-31(42)28(29(22-8-6-20(18-33)7-9-22)36-32(38)39-16-14-23(34)15-17-39)21-10-12-24(13-11-21)44-19-27(40)35-26-5-3-2-4-25(26)30(41)37-43;/h2-13,23,43H,14-17,19,34H2,1H3,(H,35,40)(H,37,41);1H. The number of carbonyl (C=O) groups is 2. The van der Waals surface area contributed by atoms with E-state index in [0.29, 0.717) is 52.7 Å². The number of piperidine rings is 1. The van der Waals surface area contributed by atoms with Gasteiger partial charge in [-0.2, -0.15) is 5.26 Å². The number of nitrogens with zero attached hydrogens (tertiary/aromatic N) is 4. The number of rotatable bonds is 8. The zero-order chi connectivity index (χ0) is 31.2. The monoisotopic (exact) mass is 629 g/mol. The number of carbonyl (C=O) groups excluding carboxylic acids is 2. The van der Waals surface area contributed by atoms with E-state index in [9.17, 15) is 19.6 Å². The van der Waals surface area contributed by atoms with Crippen molar-refractivity contribution < 1.29 is 19.5 Å². The van der Waals surface area contributed by atoms with Crippen molar-refractivity contribution in [2.24, 2.45) is 12.8 Å². The van der Waals surface area contributed by atoms with Crippen molar-refractivity contribution >= 4 is 35.9 Å². The van der Waals surface area contributed by atoms with Crippen molar-refractivity contribution in [2.75, 3.05) is 29.9 Å². The Hall–Kier alpha value is -5.22. The lowest BCUT2D eigenvalue weighted by Crippen LogP contribution is -2.42. The van der Waals surface area contributed by atoms with Crippen LogP contribution < -0.4 is 31.7 Å². The predicted molar refractivity (Wildman–Crippen MR) is 172 cm³/mol. The number of benzene rings is 3. The molecule has 0 aliphatic carbocycles. The van der Waals surface area contributed by atoms with Crippen molar-refractivity contribution in [3.8, 4) is 34.2 Å². The number of hydrogen-bond donors (Lipinski definition) is 4. The van der Waals surface area contributed by atoms with E-state index in [1.807, 2.05) is 0 Å². The van der Waals surface area contributed by atoms with E-state index in [0.717, 1.165) is 12.8 Å². The van der Waals surface area contributed by atoms with Gasteiger partial charge in [0, 0.05) is 31.7 Å². The Morgan fingerprint density at radius 1 is 1.04 bits per heavy atom. The molecule has 1 aliphatic rings. The van der Waals surface area contributed by atoms with Crippen LogP contribution in [0.25, 0.3) is 22.4 Å². The van der Waals surface area contributed by atoms with E-state index in [-0.39, 0.29) is 41.9 Å². The number of nitrogens with two attached hydrogens (primary N) is 1. The van der Waals surface area contributed by atoms with Crippen molar-refractivity contribution in [3.63, 3.8) is 0 Å². The smallest absolute Gasteiger partial charge is 0.276 e. The fourth-order valence-corrected chi connectivity index (χ4v) is 5.05. The van der Waals surface area contributed by atoms with Crippen molar-refractivity contribution in [3.05, 3.63) is 94.3 Å². The Labute approximate surface area is 265 Å². The topological polar surface area (TPSA) is 176 Å². The van der Waals surface area contributed by atoms with Crippen LogP contribution in [0, 0.1) is 11.3 Å². The largest absolute Gasteiger partial charge is 0.484 e. The molecular weight excluding hydrogens is 598 g/mol. The van der Waals surface area contributed by atoms with Gasteiger partial charge in [-0.05, 0) is 54.8 Å². The zero-order valence-electron chi connectivity index (χ0n) is 24.4. The second kappa shape index (κ2) is 14.5. The maximum absolute atomic E-state index is 13.9. The Morgan fingerprint density at radius 3 is 2.33 bits per heavy atom. The molecule has 13 heteroatoms. The second-order valence-electron chi connectivity index (χ2n) is 10.4. The number of aromatic nitrogens is 2. The first-order chi connectivity index (χ1) is 21.3. The van der Waals surface area contributed by atoms with Crippen molar-refractivity contribution in [1.29, 1.82) is 5.26 Å². The summed E-state index contributed by atoms with van der Waals surface area (Å²) in [5, 5.41) is 20.8. The minimum atomic E-state index is -0.758. The summed E-state index contributed by atoms with van der Waals surface area (Å²) in [6.45, 7) is 1.03. The normalized spacial score (nSPS) is 12.9. The first-order valence-electron chi connectivity index (χ1n) is 14.0. The summed E-state index contributed by atoms with van der Waals surface area (Å²) < 4.78 is 7.20. The minimum absolute atomic E-state index is 0. The van der Waals surface area contributed by atoms with Gasteiger partial charge in [0.2, 0.25) is 5.95 Å². The average Bonchev–Trinajstić information content (AvgIpc) is 3.05. The van der Waals surface area contributed by atoms with Gasteiger partial charge in [-0.1, -0.05) is 36.4 Å². The Kier molecular flexibility index (Phi) is 10.5. The van der Waals surface area contributed by atoms with Gasteiger partial charge in [0.25, 0.3) is 17.4 Å². The zero-order valence-corrected chi connectivity index (χ0v) is 25.2. The molecule has 1 aromatic heterocycles. The molecule has 5 rings (SSSR count). The molecule has 0 unspecified atom stereocenters. The molecule has 0 spiro atoms. The highest BCUT2D eigenvalue weighted by Crippen LogP contribution is 2.31. The molecule has 4 aromatic rings. The number of amides is 2. The molecule has 0 saturated carbocycles. The molecular formula is C32H32ClN7O5. The summed E-state index contributed by atoms with van der Waals surface area (Å²) in [6.07, 6.45) is 1.60. The predicted octanol–water partition coefficient (Wildman–Crippen LogP) is 3.47. The molecule has 0 bridgehead atoms. The van der Waals surface area contributed by atoms with Crippen LogP contribution in [0.5, 0.6) is 5.75 Å². The molecule has 3 aromatic carbocycles. The van der Waals surface area contributed by atoms with Crippen LogP contribution in [0.15, 0.2) is 77.6 Å². The third-order valence-corrected chi connectivity index (χ3v) is 7.44. The van der Waals surface area contributed by atoms with Crippen LogP contribution in [0.2, 0.25) is 0 Å². The van der Waals surface area contributed by atoms with Gasteiger partial charge in [0.05, 0.1) is 34.1 Å². The first kappa shape index (κ1) is 32.7. The van der Waals surface area contributed by atoms with Crippen LogP contribution in [0.3, 0.4) is 0 Å². The number of nitriles is 1. The molecule has 2 amide bonds. The average molecular weight is 630 g/mol. The SMILES string of the molecule is Cl.Cn1c(N2CCC(N)CC2)nc(-c2ccc(C#N)cc2)c(-c2ccc(OCC(=O)Nc3ccccc3C(=O)NO)cc2)c1=O. The van der Waals surface area contributed by atoms with E-state index in [1.165, 1.54) is 12.1 Å². The minimum Gasteiger partial charge on any atom is -0.484 e. The van der Waals surface area contributed by atoms with Crippen LogP contribution in [-0.2, 0) is 11.8 Å². The first-order valence-corrected chi connectivity index (χ1v) is 14.0. The molecule has 1 aliphatic heterocycles. The van der Waals surface area contributed by atoms with Gasteiger partial charge in [-0.3, -0.25) is 24.2 Å². The van der Waals surface area contributed by atoms with E-state index < -0.39 is 11.8 Å². The number of anilines is 2. The molecule has 1 saturated heterocycles. The van der Waals surface area contributed by atoms with E-state index in [1.54, 1.807) is 77.8 Å². The molecule has 1 fully saturated rings. The highest BCUT2D eigenvalue weighted by molar-refractivity contribution is 6.03. The lowest BCUT2D eigenvalue weighted by Gasteiger charge is -2.32. The molecule has 5 N–H and O–H groups in total. The lowest BCUT2D eigenvalue weighted by atomic mass is 9.99. The van der Waals surface area contributed by atoms with Crippen LogP contribution >= 0.6 is 12.4 Å². The van der Waals surface area contributed by atoms with E-state index >= 15 is 0 Å². The molecule has 2 heterocycles. The van der Waals surface area contributed by atoms with Crippen molar-refractivity contribution in [1.82, 2.24) is 15.0 Å². The number of ether oxygens (including phenoxy) is 1. The fourth-order valence-electron chi connectivity index (χ4n) is 5.05. The van der Waals surface area contributed by atoms with E-state index in [2.05, 4.69) is 16.3 Å². The second-order valence-corrected chi connectivity index (χ2v) is 10.4. The van der Waals surface area contributed by atoms with Gasteiger partial charge in [-0.25, -0.2) is 10.5 Å². The summed E-state index contributed by atoms with van der Waals surface area (Å²) in [5.41, 5.74) is 10.4. The Morgan fingerprint density at radius 2 is 1.69 bits per heavy atom. The quantitative estimate of drug-likeness (QED) is 0.168. The van der Waals surface area contributed by atoms with E-state index in [4.69, 9.17) is 20.7 Å². The van der Waals surface area contributed by atoms with Gasteiger partial charge < -0.3 is 20.7 Å². The van der Waals surface area contributed by atoms with Crippen LogP contribution in [0.1, 0.15) is 28.8 Å². The summed E-state index contributed by atoms with van der Waals surface area (Å²) in [5.74, 6) is -0.334. The van der Waals surface area contributed by atoms with Crippen LogP contribution in [-0.4, -0.2) is 52.3 Å². The fraction of sp³-hybridized carbons (Fsp3) is 0.219. The van der Waals surface area contributed by atoms with Gasteiger partial charge >= 0.3 is 0 Å². The number of hydrogen-bond acceptors (Lipinski definition) is 9. The highest BCUT2D eigenvalue weighted by atomic mass is 35.5. The Balaban J connectivity index is 0.00000461. The maximum Gasteiger partial charge on any atom is 0.276 e. The molecule has 12 nitrogen and oxygen atoms in total.